The molecule has 5 nitrogen and oxygen atoms in total. The lowest BCUT2D eigenvalue weighted by atomic mass is 9.47. The third kappa shape index (κ3) is 2.76. The van der Waals surface area contributed by atoms with Crippen LogP contribution in [0.1, 0.15) is 65.2 Å². The van der Waals surface area contributed by atoms with Crippen molar-refractivity contribution < 1.29 is 13.9 Å². The fourth-order valence-corrected chi connectivity index (χ4v) is 10.2. The molecule has 0 spiro atoms. The Kier molecular flexibility index (Phi) is 4.16. The summed E-state index contributed by atoms with van der Waals surface area (Å²) in [6.45, 7) is 8.60. The van der Waals surface area contributed by atoms with Crippen LogP contribution in [0.2, 0.25) is 0 Å². The number of nitrogens with zero attached hydrogens (tertiary/aromatic N) is 2. The van der Waals surface area contributed by atoms with Gasteiger partial charge in [0.25, 0.3) is 0 Å². The first-order valence-corrected chi connectivity index (χ1v) is 13.4. The van der Waals surface area contributed by atoms with Crippen LogP contribution < -0.4 is 0 Å². The second kappa shape index (κ2) is 6.28. The summed E-state index contributed by atoms with van der Waals surface area (Å²) in [4.78, 5) is 12.0. The van der Waals surface area contributed by atoms with E-state index in [0.29, 0.717) is 17.6 Å². The van der Waals surface area contributed by atoms with Crippen molar-refractivity contribution in [2.75, 3.05) is 26.2 Å². The second-order valence-electron chi connectivity index (χ2n) is 11.1. The number of ketones is 1. The van der Waals surface area contributed by atoms with E-state index >= 15 is 0 Å². The van der Waals surface area contributed by atoms with Crippen molar-refractivity contribution in [3.05, 3.63) is 11.6 Å². The monoisotopic (exact) mass is 418 g/mol. The molecule has 29 heavy (non-hydrogen) atoms. The number of hydrogen-bond acceptors (Lipinski definition) is 3. The van der Waals surface area contributed by atoms with E-state index in [1.54, 1.807) is 0 Å². The third-order valence-corrected chi connectivity index (χ3v) is 12.5. The van der Waals surface area contributed by atoms with E-state index in [1.807, 2.05) is 6.08 Å². The minimum absolute atomic E-state index is 0.137. The minimum atomic E-state index is -2.76. The van der Waals surface area contributed by atoms with Gasteiger partial charge in [-0.15, -0.1) is 0 Å². The molecular formula is C23H35N2O3P. The Hall–Kier alpha value is -0.480. The topological polar surface area (TPSA) is 49.4 Å². The highest BCUT2D eigenvalue weighted by Crippen LogP contribution is 2.69. The normalized spacial score (nSPS) is 47.2. The summed E-state index contributed by atoms with van der Waals surface area (Å²) >= 11 is 0. The Morgan fingerprint density at radius 2 is 1.69 bits per heavy atom. The van der Waals surface area contributed by atoms with Gasteiger partial charge in [-0.2, -0.15) is 0 Å². The Morgan fingerprint density at radius 1 is 0.966 bits per heavy atom. The van der Waals surface area contributed by atoms with Crippen LogP contribution in [0.15, 0.2) is 11.6 Å². The van der Waals surface area contributed by atoms with Crippen molar-refractivity contribution in [3.8, 4) is 0 Å². The van der Waals surface area contributed by atoms with Gasteiger partial charge in [-0.1, -0.05) is 19.4 Å². The van der Waals surface area contributed by atoms with Gasteiger partial charge >= 0.3 is 7.67 Å². The molecule has 0 unspecified atom stereocenters. The predicted octanol–water partition coefficient (Wildman–Crippen LogP) is 4.64. The smallest absolute Gasteiger partial charge is 0.302 e. The van der Waals surface area contributed by atoms with Crippen LogP contribution in [0.5, 0.6) is 0 Å². The van der Waals surface area contributed by atoms with Crippen molar-refractivity contribution in [2.45, 2.75) is 71.3 Å². The highest BCUT2D eigenvalue weighted by atomic mass is 31.2. The SMILES string of the molecule is C[C@]12CC[C@@H]3[C@H](CCC4=CC(=O)CC[C@@]43C)[C@@H]1CC[C@H]2OP(=O)(N1CC1)N1CC1. The van der Waals surface area contributed by atoms with Crippen LogP contribution in [0.3, 0.4) is 0 Å². The van der Waals surface area contributed by atoms with Crippen molar-refractivity contribution >= 4 is 13.5 Å². The average Bonchev–Trinajstić information content (AvgIpc) is 3.59. The summed E-state index contributed by atoms with van der Waals surface area (Å²) in [5.41, 5.74) is 1.83. The number of hydrogen-bond donors (Lipinski definition) is 0. The summed E-state index contributed by atoms with van der Waals surface area (Å²) in [7, 11) is -2.76. The molecule has 5 fully saturated rings. The van der Waals surface area contributed by atoms with Gasteiger partial charge < -0.3 is 4.52 Å². The molecule has 2 heterocycles. The van der Waals surface area contributed by atoms with Gasteiger partial charge in [0, 0.05) is 32.6 Å². The summed E-state index contributed by atoms with van der Waals surface area (Å²) < 4.78 is 24.4. The van der Waals surface area contributed by atoms with Crippen molar-refractivity contribution in [1.29, 1.82) is 0 Å². The molecule has 0 radical (unpaired) electrons. The molecule has 0 amide bonds. The highest BCUT2D eigenvalue weighted by Gasteiger charge is 2.61. The van der Waals surface area contributed by atoms with Crippen LogP contribution in [0.25, 0.3) is 0 Å². The number of carbonyl (C=O) groups is 1. The van der Waals surface area contributed by atoms with Crippen LogP contribution in [0.4, 0.5) is 0 Å². The maximum Gasteiger partial charge on any atom is 0.346 e. The molecule has 2 saturated heterocycles. The van der Waals surface area contributed by atoms with Gasteiger partial charge in [0.05, 0.1) is 6.10 Å². The molecule has 160 valence electrons. The van der Waals surface area contributed by atoms with Gasteiger partial charge in [0.15, 0.2) is 5.78 Å². The zero-order valence-corrected chi connectivity index (χ0v) is 18.8. The Bertz CT molecular complexity index is 803. The maximum absolute atomic E-state index is 13.7. The van der Waals surface area contributed by atoms with E-state index in [4.69, 9.17) is 4.52 Å². The molecule has 3 saturated carbocycles. The van der Waals surface area contributed by atoms with Crippen LogP contribution in [-0.4, -0.2) is 47.4 Å². The van der Waals surface area contributed by atoms with Gasteiger partial charge in [0.2, 0.25) is 0 Å². The van der Waals surface area contributed by atoms with E-state index in [9.17, 15) is 9.36 Å². The quantitative estimate of drug-likeness (QED) is 0.492. The number of allylic oxidation sites excluding steroid dienone is 1. The van der Waals surface area contributed by atoms with E-state index < -0.39 is 7.67 Å². The molecule has 6 atom stereocenters. The van der Waals surface area contributed by atoms with Crippen LogP contribution in [0, 0.1) is 28.6 Å². The number of rotatable bonds is 4. The summed E-state index contributed by atoms with van der Waals surface area (Å²) in [6.07, 6.45) is 10.9. The molecule has 0 aromatic heterocycles. The fraction of sp³-hybridized carbons (Fsp3) is 0.870. The van der Waals surface area contributed by atoms with Crippen molar-refractivity contribution in [1.82, 2.24) is 9.34 Å². The second-order valence-corrected chi connectivity index (χ2v) is 13.4. The molecule has 0 aromatic carbocycles. The Morgan fingerprint density at radius 3 is 2.38 bits per heavy atom. The lowest BCUT2D eigenvalue weighted by molar-refractivity contribution is -0.117. The van der Waals surface area contributed by atoms with Crippen molar-refractivity contribution in [2.24, 2.45) is 28.6 Å². The first-order chi connectivity index (χ1) is 13.8. The number of carbonyl (C=O) groups excluding carboxylic acids is 1. The minimum Gasteiger partial charge on any atom is -0.302 e. The molecular weight excluding hydrogens is 383 g/mol. The zero-order valence-electron chi connectivity index (χ0n) is 17.9. The van der Waals surface area contributed by atoms with Gasteiger partial charge in [0.1, 0.15) is 0 Å². The lowest BCUT2D eigenvalue weighted by Gasteiger charge is -2.58. The molecule has 2 aliphatic heterocycles. The molecule has 6 heteroatoms. The number of fused-ring (bicyclic) bond motifs is 5. The average molecular weight is 419 g/mol. The first kappa shape index (κ1) is 19.2. The van der Waals surface area contributed by atoms with Gasteiger partial charge in [-0.3, -0.25) is 9.36 Å². The fourth-order valence-electron chi connectivity index (χ4n) is 7.76. The maximum atomic E-state index is 13.7. The highest BCUT2D eigenvalue weighted by molar-refractivity contribution is 7.54. The summed E-state index contributed by atoms with van der Waals surface area (Å²) in [6, 6.07) is 0. The Labute approximate surface area is 174 Å². The largest absolute Gasteiger partial charge is 0.346 e. The molecule has 6 rings (SSSR count). The lowest BCUT2D eigenvalue weighted by Crippen LogP contribution is -2.51. The first-order valence-electron chi connectivity index (χ1n) is 11.9. The van der Waals surface area contributed by atoms with Gasteiger partial charge in [-0.25, -0.2) is 9.34 Å². The molecule has 0 bridgehead atoms. The van der Waals surface area contributed by atoms with Crippen LogP contribution >= 0.6 is 7.67 Å². The molecule has 4 aliphatic carbocycles. The van der Waals surface area contributed by atoms with Gasteiger partial charge in [-0.05, 0) is 79.6 Å². The van der Waals surface area contributed by atoms with E-state index in [0.717, 1.165) is 57.8 Å². The van der Waals surface area contributed by atoms with Crippen molar-refractivity contribution in [3.63, 3.8) is 0 Å². The Balaban J connectivity index is 1.26. The van der Waals surface area contributed by atoms with E-state index in [2.05, 4.69) is 23.2 Å². The standard InChI is InChI=1S/C23H35N2O3P/c1-22-9-7-17(26)15-16(22)3-4-18-19-5-6-21(23(19,2)10-8-20(18)22)28-29(27,24-11-12-24)25-13-14-25/h15,18-21H,3-14H2,1-2H3/t18-,19+,20-,21-,22+,23+/m1/s1. The molecule has 0 N–H and O–H groups in total. The molecule has 6 aliphatic rings. The van der Waals surface area contributed by atoms with E-state index in [1.165, 1.54) is 31.3 Å². The predicted molar refractivity (Wildman–Crippen MR) is 112 cm³/mol. The summed E-state index contributed by atoms with van der Waals surface area (Å²) in [5, 5.41) is 0. The summed E-state index contributed by atoms with van der Waals surface area (Å²) in [5.74, 6) is 2.46. The zero-order chi connectivity index (χ0) is 20.0. The van der Waals surface area contributed by atoms with E-state index in [-0.39, 0.29) is 16.9 Å². The van der Waals surface area contributed by atoms with Crippen LogP contribution in [-0.2, 0) is 13.9 Å². The third-order valence-electron chi connectivity index (χ3n) is 9.70. The molecule has 0 aromatic rings.